The minimum Gasteiger partial charge on any atom is -0.480 e. The number of rotatable bonds is 3. The SMILES string of the molecule is CN[C@@H]1Cc2c(c(F)cc3nc(-c4cc(C)cc5nc(OC)cnc45)sc23)O1. The van der Waals surface area contributed by atoms with E-state index >= 15 is 0 Å². The fraction of sp³-hybridized carbons (Fsp3) is 0.250. The Labute approximate surface area is 164 Å². The minimum atomic E-state index is -0.379. The van der Waals surface area contributed by atoms with Crippen molar-refractivity contribution in [1.82, 2.24) is 20.3 Å². The summed E-state index contributed by atoms with van der Waals surface area (Å²) in [6, 6.07) is 5.44. The molecule has 4 aromatic rings. The van der Waals surface area contributed by atoms with Crippen LogP contribution >= 0.6 is 11.3 Å². The van der Waals surface area contributed by atoms with Crippen molar-refractivity contribution >= 4 is 32.6 Å². The molecule has 1 aliphatic heterocycles. The topological polar surface area (TPSA) is 69.2 Å². The summed E-state index contributed by atoms with van der Waals surface area (Å²) in [6.07, 6.45) is 1.98. The van der Waals surface area contributed by atoms with E-state index in [1.54, 1.807) is 20.4 Å². The molecule has 28 heavy (non-hydrogen) atoms. The molecule has 5 rings (SSSR count). The first-order chi connectivity index (χ1) is 13.6. The van der Waals surface area contributed by atoms with Crippen LogP contribution in [0.3, 0.4) is 0 Å². The molecule has 2 aromatic heterocycles. The lowest BCUT2D eigenvalue weighted by Crippen LogP contribution is -2.29. The number of nitrogens with zero attached hydrogens (tertiary/aromatic N) is 3. The second-order valence-corrected chi connectivity index (χ2v) is 7.72. The van der Waals surface area contributed by atoms with Gasteiger partial charge in [0.25, 0.3) is 0 Å². The van der Waals surface area contributed by atoms with Crippen molar-refractivity contribution in [2.75, 3.05) is 14.2 Å². The van der Waals surface area contributed by atoms with Gasteiger partial charge in [0.15, 0.2) is 17.8 Å². The third-order valence-electron chi connectivity index (χ3n) is 4.86. The maximum absolute atomic E-state index is 14.5. The number of nitrogens with one attached hydrogen (secondary N) is 1. The molecule has 0 radical (unpaired) electrons. The standard InChI is InChI=1S/C20H17FN4O2S/c1-9-4-10(17-13(5-9)24-16(26-3)8-23-17)20-25-14-7-12(21)18-11(19(14)28-20)6-15(22-2)27-18/h4-5,7-8,15,22H,6H2,1-3H3/t15-/m0/s1. The smallest absolute Gasteiger partial charge is 0.232 e. The van der Waals surface area contributed by atoms with Gasteiger partial charge in [-0.25, -0.2) is 19.3 Å². The first-order valence-electron chi connectivity index (χ1n) is 8.85. The van der Waals surface area contributed by atoms with E-state index in [1.807, 2.05) is 19.1 Å². The molecule has 0 amide bonds. The summed E-state index contributed by atoms with van der Waals surface area (Å²) in [5.41, 5.74) is 4.90. The highest BCUT2D eigenvalue weighted by atomic mass is 32.1. The Morgan fingerprint density at radius 2 is 2.11 bits per heavy atom. The van der Waals surface area contributed by atoms with E-state index in [0.29, 0.717) is 23.6 Å². The number of halogens is 1. The van der Waals surface area contributed by atoms with Gasteiger partial charge in [0.05, 0.1) is 34.6 Å². The number of ether oxygens (including phenoxy) is 2. The zero-order valence-corrected chi connectivity index (χ0v) is 16.4. The maximum atomic E-state index is 14.5. The molecular formula is C20H17FN4O2S. The van der Waals surface area contributed by atoms with Gasteiger partial charge < -0.3 is 9.47 Å². The van der Waals surface area contributed by atoms with Gasteiger partial charge in [0.1, 0.15) is 5.01 Å². The molecule has 0 unspecified atom stereocenters. The molecule has 0 bridgehead atoms. The van der Waals surface area contributed by atoms with Gasteiger partial charge in [-0.2, -0.15) is 0 Å². The van der Waals surface area contributed by atoms with Crippen LogP contribution in [0.2, 0.25) is 0 Å². The van der Waals surface area contributed by atoms with Gasteiger partial charge in [-0.05, 0) is 31.7 Å². The average molecular weight is 396 g/mol. The lowest BCUT2D eigenvalue weighted by atomic mass is 10.1. The van der Waals surface area contributed by atoms with Gasteiger partial charge in [-0.15, -0.1) is 11.3 Å². The second-order valence-electron chi connectivity index (χ2n) is 6.73. The van der Waals surface area contributed by atoms with E-state index in [-0.39, 0.29) is 12.0 Å². The number of thiazole rings is 1. The maximum Gasteiger partial charge on any atom is 0.232 e. The highest BCUT2D eigenvalue weighted by molar-refractivity contribution is 7.22. The van der Waals surface area contributed by atoms with E-state index in [1.165, 1.54) is 17.4 Å². The van der Waals surface area contributed by atoms with E-state index in [0.717, 1.165) is 37.4 Å². The van der Waals surface area contributed by atoms with Crippen molar-refractivity contribution in [2.24, 2.45) is 0 Å². The second kappa shape index (κ2) is 6.35. The molecular weight excluding hydrogens is 379 g/mol. The minimum absolute atomic E-state index is 0.223. The van der Waals surface area contributed by atoms with Crippen LogP contribution < -0.4 is 14.8 Å². The zero-order valence-electron chi connectivity index (χ0n) is 15.5. The molecule has 0 saturated heterocycles. The molecule has 1 atom stereocenters. The number of aromatic nitrogens is 3. The highest BCUT2D eigenvalue weighted by Crippen LogP contribution is 2.42. The molecule has 0 spiro atoms. The summed E-state index contributed by atoms with van der Waals surface area (Å²) >= 11 is 1.53. The number of likely N-dealkylation sites (N-methyl/N-ethyl adjacent to an activating group) is 1. The van der Waals surface area contributed by atoms with Crippen LogP contribution in [0.15, 0.2) is 24.4 Å². The molecule has 2 aromatic carbocycles. The van der Waals surface area contributed by atoms with Crippen molar-refractivity contribution in [2.45, 2.75) is 19.6 Å². The fourth-order valence-corrected chi connectivity index (χ4v) is 4.66. The first kappa shape index (κ1) is 17.3. The molecule has 6 nitrogen and oxygen atoms in total. The number of benzene rings is 2. The average Bonchev–Trinajstić information content (AvgIpc) is 3.31. The molecule has 142 valence electrons. The van der Waals surface area contributed by atoms with Crippen LogP contribution in [0.1, 0.15) is 11.1 Å². The van der Waals surface area contributed by atoms with Crippen LogP contribution in [0.25, 0.3) is 31.8 Å². The molecule has 3 heterocycles. The van der Waals surface area contributed by atoms with Crippen molar-refractivity contribution < 1.29 is 13.9 Å². The predicted molar refractivity (Wildman–Crippen MR) is 107 cm³/mol. The fourth-order valence-electron chi connectivity index (χ4n) is 3.55. The number of methoxy groups -OCH3 is 1. The van der Waals surface area contributed by atoms with Gasteiger partial charge in [-0.3, -0.25) is 5.32 Å². The molecule has 0 aliphatic carbocycles. The predicted octanol–water partition coefficient (Wildman–Crippen LogP) is 3.84. The molecule has 0 saturated carbocycles. The largest absolute Gasteiger partial charge is 0.480 e. The van der Waals surface area contributed by atoms with Crippen molar-refractivity contribution in [3.8, 4) is 22.2 Å². The Bertz CT molecular complexity index is 1240. The van der Waals surface area contributed by atoms with Crippen molar-refractivity contribution in [3.63, 3.8) is 0 Å². The third kappa shape index (κ3) is 2.60. The quantitative estimate of drug-likeness (QED) is 0.567. The Morgan fingerprint density at radius 3 is 2.89 bits per heavy atom. The number of hydrogen-bond donors (Lipinski definition) is 1. The van der Waals surface area contributed by atoms with Gasteiger partial charge in [0.2, 0.25) is 5.88 Å². The molecule has 1 N–H and O–H groups in total. The van der Waals surface area contributed by atoms with Gasteiger partial charge in [0, 0.05) is 23.6 Å². The van der Waals surface area contributed by atoms with Crippen LogP contribution in [0, 0.1) is 12.7 Å². The molecule has 8 heteroatoms. The Balaban J connectivity index is 1.73. The summed E-state index contributed by atoms with van der Waals surface area (Å²) in [4.78, 5) is 13.7. The third-order valence-corrected chi connectivity index (χ3v) is 6.03. The highest BCUT2D eigenvalue weighted by Gasteiger charge is 2.29. The summed E-state index contributed by atoms with van der Waals surface area (Å²) in [5.74, 6) is 0.403. The number of aryl methyl sites for hydroxylation is 1. The lowest BCUT2D eigenvalue weighted by molar-refractivity contribution is 0.196. The van der Waals surface area contributed by atoms with Crippen LogP contribution in [0.4, 0.5) is 4.39 Å². The van der Waals surface area contributed by atoms with Crippen LogP contribution in [0.5, 0.6) is 11.6 Å². The zero-order chi connectivity index (χ0) is 19.4. The van der Waals surface area contributed by atoms with Crippen molar-refractivity contribution in [1.29, 1.82) is 0 Å². The summed E-state index contributed by atoms with van der Waals surface area (Å²) < 4.78 is 26.3. The summed E-state index contributed by atoms with van der Waals surface area (Å²) in [7, 11) is 3.37. The Kier molecular flexibility index (Phi) is 3.92. The molecule has 1 aliphatic rings. The van der Waals surface area contributed by atoms with Crippen LogP contribution in [-0.4, -0.2) is 35.3 Å². The monoisotopic (exact) mass is 396 g/mol. The van der Waals surface area contributed by atoms with E-state index in [4.69, 9.17) is 14.5 Å². The molecule has 0 fully saturated rings. The van der Waals surface area contributed by atoms with E-state index in [9.17, 15) is 4.39 Å². The first-order valence-corrected chi connectivity index (χ1v) is 9.66. The van der Waals surface area contributed by atoms with Gasteiger partial charge in [-0.1, -0.05) is 0 Å². The lowest BCUT2D eigenvalue weighted by Gasteiger charge is -2.07. The van der Waals surface area contributed by atoms with Gasteiger partial charge >= 0.3 is 0 Å². The van der Waals surface area contributed by atoms with Crippen molar-refractivity contribution in [3.05, 3.63) is 41.3 Å². The summed E-state index contributed by atoms with van der Waals surface area (Å²) in [5, 5.41) is 3.83. The van der Waals surface area contributed by atoms with Crippen LogP contribution in [-0.2, 0) is 6.42 Å². The number of fused-ring (bicyclic) bond motifs is 4. The van der Waals surface area contributed by atoms with E-state index in [2.05, 4.69) is 15.3 Å². The Hall–Kier alpha value is -2.84. The summed E-state index contributed by atoms with van der Waals surface area (Å²) in [6.45, 7) is 2.00. The van der Waals surface area contributed by atoms with E-state index < -0.39 is 0 Å². The Morgan fingerprint density at radius 1 is 1.25 bits per heavy atom. The number of hydrogen-bond acceptors (Lipinski definition) is 7. The normalized spacial score (nSPS) is 15.8.